The van der Waals surface area contributed by atoms with Crippen LogP contribution in [0.2, 0.25) is 0 Å². The van der Waals surface area contributed by atoms with Gasteiger partial charge in [0.15, 0.2) is 0 Å². The molecular formula is C47H87NO7P+. The van der Waals surface area contributed by atoms with Crippen LogP contribution in [0.15, 0.2) is 60.8 Å². The maximum Gasteiger partial charge on any atom is 0.472 e. The zero-order chi connectivity index (χ0) is 41.3. The van der Waals surface area contributed by atoms with Crippen molar-refractivity contribution in [3.63, 3.8) is 0 Å². The summed E-state index contributed by atoms with van der Waals surface area (Å²) in [5.41, 5.74) is 0. The van der Waals surface area contributed by atoms with Crippen LogP contribution in [-0.2, 0) is 27.9 Å². The number of allylic oxidation sites excluding steroid dienone is 10. The fourth-order valence-electron chi connectivity index (χ4n) is 5.84. The van der Waals surface area contributed by atoms with Crippen molar-refractivity contribution in [3.05, 3.63) is 60.8 Å². The highest BCUT2D eigenvalue weighted by Crippen LogP contribution is 2.43. The Labute approximate surface area is 345 Å². The molecule has 0 aromatic carbocycles. The predicted molar refractivity (Wildman–Crippen MR) is 238 cm³/mol. The van der Waals surface area contributed by atoms with E-state index in [1.165, 1.54) is 96.3 Å². The number of nitrogens with zero attached hydrogens (tertiary/aromatic N) is 1. The second-order valence-electron chi connectivity index (χ2n) is 16.0. The molecule has 56 heavy (non-hydrogen) atoms. The summed E-state index contributed by atoms with van der Waals surface area (Å²) in [7, 11) is 1.65. The minimum Gasteiger partial charge on any atom is -0.457 e. The molecule has 0 spiro atoms. The molecule has 0 aromatic rings. The van der Waals surface area contributed by atoms with Gasteiger partial charge in [-0.3, -0.25) is 13.8 Å². The monoisotopic (exact) mass is 809 g/mol. The number of unbranched alkanes of at least 4 members (excludes halogenated alkanes) is 17. The van der Waals surface area contributed by atoms with Crippen molar-refractivity contribution in [1.82, 2.24) is 0 Å². The molecule has 0 aromatic heterocycles. The van der Waals surface area contributed by atoms with Gasteiger partial charge in [0.1, 0.15) is 19.3 Å². The third kappa shape index (κ3) is 43.3. The summed E-state index contributed by atoms with van der Waals surface area (Å²) in [6, 6.07) is 0. The molecule has 2 unspecified atom stereocenters. The van der Waals surface area contributed by atoms with Crippen LogP contribution in [0.25, 0.3) is 0 Å². The van der Waals surface area contributed by atoms with Crippen LogP contribution in [0.1, 0.15) is 174 Å². The van der Waals surface area contributed by atoms with E-state index in [0.29, 0.717) is 24.1 Å². The molecule has 0 radical (unpaired) electrons. The third-order valence-electron chi connectivity index (χ3n) is 9.29. The molecule has 0 bridgehead atoms. The normalized spacial score (nSPS) is 14.3. The first-order valence-corrected chi connectivity index (χ1v) is 24.0. The molecule has 0 amide bonds. The minimum absolute atomic E-state index is 0.0844. The summed E-state index contributed by atoms with van der Waals surface area (Å²) >= 11 is 0. The molecule has 0 aliphatic carbocycles. The Bertz CT molecular complexity index is 1080. The van der Waals surface area contributed by atoms with E-state index >= 15 is 0 Å². The van der Waals surface area contributed by atoms with Gasteiger partial charge in [-0.15, -0.1) is 0 Å². The number of hydrogen-bond donors (Lipinski definition) is 1. The van der Waals surface area contributed by atoms with E-state index in [0.717, 1.165) is 57.8 Å². The molecule has 0 rings (SSSR count). The van der Waals surface area contributed by atoms with E-state index < -0.39 is 13.9 Å². The van der Waals surface area contributed by atoms with Crippen molar-refractivity contribution in [1.29, 1.82) is 0 Å². The maximum absolute atomic E-state index is 12.7. The number of esters is 1. The van der Waals surface area contributed by atoms with Gasteiger partial charge >= 0.3 is 13.8 Å². The van der Waals surface area contributed by atoms with E-state index in [4.69, 9.17) is 18.5 Å². The Morgan fingerprint density at radius 3 is 1.57 bits per heavy atom. The molecule has 0 fully saturated rings. The fourth-order valence-corrected chi connectivity index (χ4v) is 6.58. The molecule has 0 heterocycles. The summed E-state index contributed by atoms with van der Waals surface area (Å²) in [6.07, 6.45) is 49.7. The highest BCUT2D eigenvalue weighted by atomic mass is 31.2. The van der Waals surface area contributed by atoms with Gasteiger partial charge in [0.05, 0.1) is 34.4 Å². The second-order valence-corrected chi connectivity index (χ2v) is 17.5. The number of rotatable bonds is 41. The number of ether oxygens (including phenoxy) is 2. The van der Waals surface area contributed by atoms with E-state index in [1.807, 2.05) is 21.1 Å². The Kier molecular flexibility index (Phi) is 38.7. The molecule has 0 saturated heterocycles. The number of quaternary nitrogens is 1. The van der Waals surface area contributed by atoms with E-state index in [1.54, 1.807) is 0 Å². The van der Waals surface area contributed by atoms with Crippen LogP contribution in [0, 0.1) is 0 Å². The highest BCUT2D eigenvalue weighted by molar-refractivity contribution is 7.47. The Balaban J connectivity index is 4.15. The third-order valence-corrected chi connectivity index (χ3v) is 10.3. The van der Waals surface area contributed by atoms with Crippen LogP contribution in [-0.4, -0.2) is 75.6 Å². The van der Waals surface area contributed by atoms with E-state index in [2.05, 4.69) is 74.6 Å². The average molecular weight is 809 g/mol. The summed E-state index contributed by atoms with van der Waals surface area (Å²) in [5, 5.41) is 0. The van der Waals surface area contributed by atoms with Crippen molar-refractivity contribution < 1.29 is 37.3 Å². The Morgan fingerprint density at radius 2 is 1.04 bits per heavy atom. The SMILES string of the molecule is CC/C=C\C/C=C\C/C=C\C/C=C\CCCCCCCCCCCCC(=O)OC(COCCCCCCCC/C=C\CCC)COP(=O)(O)OCC[N+](C)(C)C. The van der Waals surface area contributed by atoms with E-state index in [-0.39, 0.29) is 25.8 Å². The molecular weight excluding hydrogens is 721 g/mol. The van der Waals surface area contributed by atoms with Crippen LogP contribution < -0.4 is 0 Å². The standard InChI is InChI=1S/C47H86NO7P/c1-6-8-10-12-14-16-18-19-20-21-22-23-24-25-26-27-28-29-30-32-34-36-38-40-47(49)55-46(45-54-56(50,51)53-43-41-48(3,4)5)44-52-42-39-37-35-33-31-17-15-13-11-9-7-2/h8,10-11,13-14,16,19-20,22-23,46H,6-7,9,12,15,17-18,21,24-45H2,1-5H3/p+1/b10-8-,13-11-,16-14-,20-19-,23-22-. The number of hydrogen-bond acceptors (Lipinski definition) is 6. The van der Waals surface area contributed by atoms with E-state index in [9.17, 15) is 14.3 Å². The van der Waals surface area contributed by atoms with Crippen molar-refractivity contribution in [2.75, 3.05) is 54.1 Å². The van der Waals surface area contributed by atoms with Crippen LogP contribution in [0.5, 0.6) is 0 Å². The largest absolute Gasteiger partial charge is 0.472 e. The molecule has 0 aliphatic rings. The smallest absolute Gasteiger partial charge is 0.457 e. The number of likely N-dealkylation sites (N-methyl/N-ethyl adjacent to an activating group) is 1. The maximum atomic E-state index is 12.7. The van der Waals surface area contributed by atoms with Gasteiger partial charge < -0.3 is 18.9 Å². The lowest BCUT2D eigenvalue weighted by molar-refractivity contribution is -0.870. The quantitative estimate of drug-likeness (QED) is 0.0216. The summed E-state index contributed by atoms with van der Waals surface area (Å²) in [5.74, 6) is -0.323. The number of phosphoric ester groups is 1. The first-order valence-electron chi connectivity index (χ1n) is 22.5. The highest BCUT2D eigenvalue weighted by Gasteiger charge is 2.26. The van der Waals surface area contributed by atoms with Crippen molar-refractivity contribution in [2.45, 2.75) is 180 Å². The van der Waals surface area contributed by atoms with Gasteiger partial charge in [-0.2, -0.15) is 0 Å². The predicted octanol–water partition coefficient (Wildman–Crippen LogP) is 13.3. The molecule has 8 nitrogen and oxygen atoms in total. The van der Waals surface area contributed by atoms with Crippen molar-refractivity contribution >= 4 is 13.8 Å². The van der Waals surface area contributed by atoms with Crippen LogP contribution >= 0.6 is 7.82 Å². The van der Waals surface area contributed by atoms with Gasteiger partial charge in [0, 0.05) is 13.0 Å². The molecule has 2 atom stereocenters. The van der Waals surface area contributed by atoms with Gasteiger partial charge in [0.2, 0.25) is 0 Å². The van der Waals surface area contributed by atoms with Gasteiger partial charge in [-0.1, -0.05) is 158 Å². The van der Waals surface area contributed by atoms with Crippen LogP contribution in [0.3, 0.4) is 0 Å². The number of carbonyl (C=O) groups is 1. The molecule has 326 valence electrons. The number of carbonyl (C=O) groups excluding carboxylic acids is 1. The van der Waals surface area contributed by atoms with Crippen molar-refractivity contribution in [3.8, 4) is 0 Å². The molecule has 0 saturated carbocycles. The molecule has 9 heteroatoms. The zero-order valence-corrected chi connectivity index (χ0v) is 37.7. The fraction of sp³-hybridized carbons (Fsp3) is 0.766. The van der Waals surface area contributed by atoms with Gasteiger partial charge in [0.25, 0.3) is 0 Å². The number of phosphoric acid groups is 1. The molecule has 0 aliphatic heterocycles. The molecule has 1 N–H and O–H groups in total. The first-order chi connectivity index (χ1) is 27.1. The lowest BCUT2D eigenvalue weighted by Crippen LogP contribution is -2.37. The summed E-state index contributed by atoms with van der Waals surface area (Å²) < 4.78 is 35.0. The lowest BCUT2D eigenvalue weighted by atomic mass is 10.0. The lowest BCUT2D eigenvalue weighted by Gasteiger charge is -2.24. The van der Waals surface area contributed by atoms with Crippen molar-refractivity contribution in [2.24, 2.45) is 0 Å². The van der Waals surface area contributed by atoms with Gasteiger partial charge in [-0.25, -0.2) is 4.57 Å². The van der Waals surface area contributed by atoms with Crippen LogP contribution in [0.4, 0.5) is 0 Å². The summed E-state index contributed by atoms with van der Waals surface area (Å²) in [4.78, 5) is 22.9. The average Bonchev–Trinajstić information content (AvgIpc) is 3.15. The summed E-state index contributed by atoms with van der Waals surface area (Å²) in [6.45, 7) is 5.43. The minimum atomic E-state index is -4.28. The zero-order valence-electron chi connectivity index (χ0n) is 36.9. The second kappa shape index (κ2) is 40.0. The Morgan fingerprint density at radius 1 is 0.571 bits per heavy atom. The first kappa shape index (κ1) is 54.2. The topological polar surface area (TPSA) is 91.3 Å². The Hall–Kier alpha value is -1.80. The van der Waals surface area contributed by atoms with Gasteiger partial charge in [-0.05, 0) is 70.6 Å².